The van der Waals surface area contributed by atoms with Crippen molar-refractivity contribution in [3.05, 3.63) is 28.8 Å². The molecule has 0 heterocycles. The lowest BCUT2D eigenvalue weighted by Crippen LogP contribution is -2.07. The summed E-state index contributed by atoms with van der Waals surface area (Å²) in [6.07, 6.45) is 2.11. The van der Waals surface area contributed by atoms with Crippen molar-refractivity contribution >= 4 is 0 Å². The van der Waals surface area contributed by atoms with Crippen LogP contribution in [-0.2, 0) is 6.42 Å². The topological polar surface area (TPSA) is 35.2 Å². The second-order valence-corrected chi connectivity index (χ2v) is 3.62. The van der Waals surface area contributed by atoms with Crippen LogP contribution in [-0.4, -0.2) is 7.11 Å². The van der Waals surface area contributed by atoms with Crippen LogP contribution in [0.4, 0.5) is 0 Å². The first-order valence-electron chi connectivity index (χ1n) is 4.66. The monoisotopic (exact) mass is 177 g/mol. The fourth-order valence-electron chi connectivity index (χ4n) is 2.17. The third-order valence-electron chi connectivity index (χ3n) is 2.83. The van der Waals surface area contributed by atoms with Crippen LogP contribution in [0.2, 0.25) is 0 Å². The van der Waals surface area contributed by atoms with E-state index in [9.17, 15) is 0 Å². The molecule has 0 spiro atoms. The van der Waals surface area contributed by atoms with Crippen LogP contribution in [0.1, 0.15) is 29.2 Å². The molecule has 1 unspecified atom stereocenters. The highest BCUT2D eigenvalue weighted by atomic mass is 16.5. The maximum atomic E-state index is 6.02. The van der Waals surface area contributed by atoms with Gasteiger partial charge in [-0.25, -0.2) is 0 Å². The van der Waals surface area contributed by atoms with E-state index in [4.69, 9.17) is 10.5 Å². The van der Waals surface area contributed by atoms with Gasteiger partial charge in [-0.05, 0) is 42.5 Å². The molecule has 0 aromatic heterocycles. The summed E-state index contributed by atoms with van der Waals surface area (Å²) in [5.41, 5.74) is 9.93. The number of methoxy groups -OCH3 is 1. The van der Waals surface area contributed by atoms with Crippen LogP contribution in [0.25, 0.3) is 0 Å². The summed E-state index contributed by atoms with van der Waals surface area (Å²) in [4.78, 5) is 0. The van der Waals surface area contributed by atoms with Gasteiger partial charge in [0.25, 0.3) is 0 Å². The lowest BCUT2D eigenvalue weighted by atomic mass is 10.0. The van der Waals surface area contributed by atoms with Gasteiger partial charge in [-0.1, -0.05) is 6.07 Å². The molecule has 2 N–H and O–H groups in total. The van der Waals surface area contributed by atoms with Gasteiger partial charge >= 0.3 is 0 Å². The van der Waals surface area contributed by atoms with E-state index in [1.807, 2.05) is 6.07 Å². The summed E-state index contributed by atoms with van der Waals surface area (Å²) < 4.78 is 5.30. The SMILES string of the molecule is COc1ccc(C)c2c1CCC2N. The highest BCUT2D eigenvalue weighted by Crippen LogP contribution is 2.37. The van der Waals surface area contributed by atoms with E-state index < -0.39 is 0 Å². The molecule has 1 atom stereocenters. The van der Waals surface area contributed by atoms with Crippen molar-refractivity contribution in [2.24, 2.45) is 5.73 Å². The summed E-state index contributed by atoms with van der Waals surface area (Å²) in [6, 6.07) is 4.33. The largest absolute Gasteiger partial charge is 0.496 e. The van der Waals surface area contributed by atoms with E-state index in [2.05, 4.69) is 13.0 Å². The fraction of sp³-hybridized carbons (Fsp3) is 0.455. The Morgan fingerprint density at radius 1 is 1.46 bits per heavy atom. The molecule has 0 saturated carbocycles. The second-order valence-electron chi connectivity index (χ2n) is 3.62. The lowest BCUT2D eigenvalue weighted by Gasteiger charge is -2.11. The second kappa shape index (κ2) is 3.04. The Morgan fingerprint density at radius 2 is 2.23 bits per heavy atom. The molecule has 1 aliphatic carbocycles. The Morgan fingerprint density at radius 3 is 2.92 bits per heavy atom. The lowest BCUT2D eigenvalue weighted by molar-refractivity contribution is 0.410. The van der Waals surface area contributed by atoms with E-state index in [0.717, 1.165) is 18.6 Å². The van der Waals surface area contributed by atoms with Gasteiger partial charge in [0.05, 0.1) is 7.11 Å². The summed E-state index contributed by atoms with van der Waals surface area (Å²) in [5.74, 6) is 0.994. The Balaban J connectivity index is 2.59. The number of hydrogen-bond donors (Lipinski definition) is 1. The van der Waals surface area contributed by atoms with Crippen molar-refractivity contribution in [2.75, 3.05) is 7.11 Å². The zero-order chi connectivity index (χ0) is 9.42. The van der Waals surface area contributed by atoms with Gasteiger partial charge in [0.1, 0.15) is 5.75 Å². The number of ether oxygens (including phenoxy) is 1. The maximum absolute atomic E-state index is 6.02. The molecular weight excluding hydrogens is 162 g/mol. The normalized spacial score (nSPS) is 20.1. The molecule has 1 aromatic carbocycles. The molecule has 2 rings (SSSR count). The van der Waals surface area contributed by atoms with Gasteiger partial charge in [-0.15, -0.1) is 0 Å². The van der Waals surface area contributed by atoms with E-state index in [1.54, 1.807) is 7.11 Å². The number of hydrogen-bond acceptors (Lipinski definition) is 2. The summed E-state index contributed by atoms with van der Waals surface area (Å²) in [6.45, 7) is 2.11. The molecule has 2 nitrogen and oxygen atoms in total. The van der Waals surface area contributed by atoms with Crippen molar-refractivity contribution in [3.8, 4) is 5.75 Å². The van der Waals surface area contributed by atoms with Crippen molar-refractivity contribution < 1.29 is 4.74 Å². The molecule has 0 amide bonds. The summed E-state index contributed by atoms with van der Waals surface area (Å²) in [5, 5.41) is 0. The molecule has 0 aliphatic heterocycles. The van der Waals surface area contributed by atoms with Gasteiger partial charge in [0.2, 0.25) is 0 Å². The van der Waals surface area contributed by atoms with E-state index in [-0.39, 0.29) is 6.04 Å². The molecule has 1 aliphatic rings. The number of fused-ring (bicyclic) bond motifs is 1. The highest BCUT2D eigenvalue weighted by Gasteiger charge is 2.23. The van der Waals surface area contributed by atoms with Crippen molar-refractivity contribution in [1.29, 1.82) is 0 Å². The van der Waals surface area contributed by atoms with Gasteiger partial charge in [-0.3, -0.25) is 0 Å². The molecule has 0 bridgehead atoms. The van der Waals surface area contributed by atoms with E-state index >= 15 is 0 Å². The first-order chi connectivity index (χ1) is 6.24. The Labute approximate surface area is 78.7 Å². The van der Waals surface area contributed by atoms with Gasteiger partial charge in [-0.2, -0.15) is 0 Å². The first kappa shape index (κ1) is 8.57. The van der Waals surface area contributed by atoms with Crippen LogP contribution in [0.3, 0.4) is 0 Å². The zero-order valence-corrected chi connectivity index (χ0v) is 8.13. The van der Waals surface area contributed by atoms with Gasteiger partial charge < -0.3 is 10.5 Å². The third kappa shape index (κ3) is 1.22. The number of rotatable bonds is 1. The Bertz CT molecular complexity index is 333. The smallest absolute Gasteiger partial charge is 0.122 e. The molecule has 70 valence electrons. The summed E-state index contributed by atoms with van der Waals surface area (Å²) >= 11 is 0. The molecule has 1 aromatic rings. The highest BCUT2D eigenvalue weighted by molar-refractivity contribution is 5.49. The average Bonchev–Trinajstić information content (AvgIpc) is 2.50. The van der Waals surface area contributed by atoms with Crippen molar-refractivity contribution in [3.63, 3.8) is 0 Å². The predicted octanol–water partition coefficient (Wildman–Crippen LogP) is 1.95. The molecule has 0 saturated heterocycles. The van der Waals surface area contributed by atoms with Crippen LogP contribution in [0.5, 0.6) is 5.75 Å². The van der Waals surface area contributed by atoms with E-state index in [1.165, 1.54) is 16.7 Å². The minimum atomic E-state index is 0.213. The zero-order valence-electron chi connectivity index (χ0n) is 8.13. The van der Waals surface area contributed by atoms with Crippen molar-refractivity contribution in [2.45, 2.75) is 25.8 Å². The molecule has 0 radical (unpaired) electrons. The molecule has 0 fully saturated rings. The van der Waals surface area contributed by atoms with Crippen LogP contribution >= 0.6 is 0 Å². The minimum absolute atomic E-state index is 0.213. The standard InChI is InChI=1S/C11H15NO/c1-7-3-6-10(13-2)8-4-5-9(12)11(7)8/h3,6,9H,4-5,12H2,1-2H3. The summed E-state index contributed by atoms with van der Waals surface area (Å²) in [7, 11) is 1.72. The predicted molar refractivity (Wildman–Crippen MR) is 53.0 cm³/mol. The molecular formula is C11H15NO. The van der Waals surface area contributed by atoms with Crippen LogP contribution in [0, 0.1) is 6.92 Å². The quantitative estimate of drug-likeness (QED) is 0.711. The number of nitrogens with two attached hydrogens (primary N) is 1. The van der Waals surface area contributed by atoms with Crippen LogP contribution < -0.4 is 10.5 Å². The Kier molecular flexibility index (Phi) is 2.00. The third-order valence-corrected chi connectivity index (χ3v) is 2.83. The minimum Gasteiger partial charge on any atom is -0.496 e. The van der Waals surface area contributed by atoms with E-state index in [0.29, 0.717) is 0 Å². The number of benzene rings is 1. The maximum Gasteiger partial charge on any atom is 0.122 e. The number of aryl methyl sites for hydroxylation is 1. The fourth-order valence-corrected chi connectivity index (χ4v) is 2.17. The van der Waals surface area contributed by atoms with Gasteiger partial charge in [0.15, 0.2) is 0 Å². The van der Waals surface area contributed by atoms with Crippen molar-refractivity contribution in [1.82, 2.24) is 0 Å². The van der Waals surface area contributed by atoms with Gasteiger partial charge in [0, 0.05) is 6.04 Å². The molecule has 2 heteroatoms. The first-order valence-corrected chi connectivity index (χ1v) is 4.66. The Hall–Kier alpha value is -1.02. The average molecular weight is 177 g/mol. The van der Waals surface area contributed by atoms with Crippen LogP contribution in [0.15, 0.2) is 12.1 Å². The molecule has 13 heavy (non-hydrogen) atoms.